The molecule has 2 unspecified atom stereocenters. The van der Waals surface area contributed by atoms with Gasteiger partial charge >= 0.3 is 0 Å². The highest BCUT2D eigenvalue weighted by atomic mass is 35.5. The average Bonchev–Trinajstić information content (AvgIpc) is 2.74. The van der Waals surface area contributed by atoms with Gasteiger partial charge in [0.15, 0.2) is 0 Å². The van der Waals surface area contributed by atoms with Gasteiger partial charge in [0.1, 0.15) is 5.69 Å². The second kappa shape index (κ2) is 5.92. The Bertz CT molecular complexity index is 326. The molecule has 1 saturated heterocycles. The van der Waals surface area contributed by atoms with Gasteiger partial charge < -0.3 is 15.6 Å². The van der Waals surface area contributed by atoms with Gasteiger partial charge in [0.05, 0.1) is 0 Å². The number of piperidine rings is 1. The normalized spacial score (nSPS) is 24.6. The molecule has 0 bridgehead atoms. The molecule has 4 nitrogen and oxygen atoms in total. The zero-order chi connectivity index (χ0) is 10.7. The van der Waals surface area contributed by atoms with Gasteiger partial charge in [0.2, 0.25) is 0 Å². The molecule has 2 atom stereocenters. The Labute approximate surface area is 102 Å². The van der Waals surface area contributed by atoms with E-state index < -0.39 is 0 Å². The Balaban J connectivity index is 0.00000128. The number of nitrogens with one attached hydrogen (secondary N) is 3. The minimum Gasteiger partial charge on any atom is -0.357 e. The predicted octanol–water partition coefficient (Wildman–Crippen LogP) is 1.16. The number of halogens is 1. The highest BCUT2D eigenvalue weighted by molar-refractivity contribution is 5.92. The lowest BCUT2D eigenvalue weighted by Gasteiger charge is -2.30. The van der Waals surface area contributed by atoms with E-state index in [1.54, 1.807) is 12.3 Å². The Morgan fingerprint density at radius 2 is 2.38 bits per heavy atom. The van der Waals surface area contributed by atoms with Crippen LogP contribution < -0.4 is 10.6 Å². The maximum Gasteiger partial charge on any atom is 0.267 e. The Kier molecular flexibility index (Phi) is 4.83. The number of hydrogen-bond acceptors (Lipinski definition) is 2. The first-order chi connectivity index (χ1) is 7.27. The van der Waals surface area contributed by atoms with E-state index in [-0.39, 0.29) is 18.3 Å². The fourth-order valence-electron chi connectivity index (χ4n) is 1.95. The summed E-state index contributed by atoms with van der Waals surface area (Å²) in [6.45, 7) is 4.13. The fraction of sp³-hybridized carbons (Fsp3) is 0.545. The number of rotatable bonds is 2. The minimum atomic E-state index is -0.00116. The van der Waals surface area contributed by atoms with Gasteiger partial charge in [-0.15, -0.1) is 12.4 Å². The lowest BCUT2D eigenvalue weighted by atomic mass is 9.95. The first-order valence-electron chi connectivity index (χ1n) is 5.42. The molecular weight excluding hydrogens is 226 g/mol. The zero-order valence-electron chi connectivity index (χ0n) is 9.32. The molecule has 0 spiro atoms. The second-order valence-electron chi connectivity index (χ2n) is 4.13. The van der Waals surface area contributed by atoms with Crippen LogP contribution in [0.4, 0.5) is 0 Å². The number of carbonyl (C=O) groups excluding carboxylic acids is 1. The van der Waals surface area contributed by atoms with Crippen molar-refractivity contribution in [1.29, 1.82) is 0 Å². The van der Waals surface area contributed by atoms with Crippen LogP contribution in [0.1, 0.15) is 23.8 Å². The molecule has 1 aliphatic rings. The van der Waals surface area contributed by atoms with E-state index in [2.05, 4.69) is 22.5 Å². The molecular formula is C11H18ClN3O. The number of hydrogen-bond donors (Lipinski definition) is 3. The summed E-state index contributed by atoms with van der Waals surface area (Å²) < 4.78 is 0. The smallest absolute Gasteiger partial charge is 0.267 e. The van der Waals surface area contributed by atoms with Gasteiger partial charge in [0, 0.05) is 12.2 Å². The molecule has 0 saturated carbocycles. The van der Waals surface area contributed by atoms with Gasteiger partial charge in [-0.2, -0.15) is 0 Å². The zero-order valence-corrected chi connectivity index (χ0v) is 10.1. The van der Waals surface area contributed by atoms with E-state index >= 15 is 0 Å². The number of amides is 1. The third-order valence-electron chi connectivity index (χ3n) is 2.94. The summed E-state index contributed by atoms with van der Waals surface area (Å²) in [7, 11) is 0. The summed E-state index contributed by atoms with van der Waals surface area (Å²) in [6.07, 6.45) is 2.77. The summed E-state index contributed by atoms with van der Waals surface area (Å²) in [4.78, 5) is 14.7. The summed E-state index contributed by atoms with van der Waals surface area (Å²) in [6, 6.07) is 3.92. The molecule has 1 amide bonds. The number of aromatic amines is 1. The molecule has 3 N–H and O–H groups in total. The SMILES string of the molecule is CC1CNCCC1NC(=O)c1ccc[nH]1.Cl. The Hall–Kier alpha value is -1.00. The number of aromatic nitrogens is 1. The van der Waals surface area contributed by atoms with E-state index in [0.29, 0.717) is 17.7 Å². The van der Waals surface area contributed by atoms with Crippen LogP contribution in [0.25, 0.3) is 0 Å². The molecule has 0 radical (unpaired) electrons. The van der Waals surface area contributed by atoms with Crippen LogP contribution in [0, 0.1) is 5.92 Å². The lowest BCUT2D eigenvalue weighted by molar-refractivity contribution is 0.0910. The predicted molar refractivity (Wildman–Crippen MR) is 65.9 cm³/mol. The van der Waals surface area contributed by atoms with E-state index in [9.17, 15) is 4.79 Å². The number of carbonyl (C=O) groups is 1. The van der Waals surface area contributed by atoms with Crippen LogP contribution >= 0.6 is 12.4 Å². The van der Waals surface area contributed by atoms with E-state index in [4.69, 9.17) is 0 Å². The Morgan fingerprint density at radius 3 is 3.00 bits per heavy atom. The Morgan fingerprint density at radius 1 is 1.56 bits per heavy atom. The van der Waals surface area contributed by atoms with Gasteiger partial charge in [-0.25, -0.2) is 0 Å². The molecule has 2 heterocycles. The van der Waals surface area contributed by atoms with Crippen molar-refractivity contribution in [2.45, 2.75) is 19.4 Å². The molecule has 90 valence electrons. The molecule has 5 heteroatoms. The van der Waals surface area contributed by atoms with E-state index in [1.807, 2.05) is 6.07 Å². The van der Waals surface area contributed by atoms with Crippen molar-refractivity contribution in [1.82, 2.24) is 15.6 Å². The summed E-state index contributed by atoms with van der Waals surface area (Å²) in [5, 5.41) is 6.37. The molecule has 1 aliphatic heterocycles. The third kappa shape index (κ3) is 3.00. The van der Waals surface area contributed by atoms with Gasteiger partial charge in [-0.05, 0) is 37.6 Å². The molecule has 2 rings (SSSR count). The van der Waals surface area contributed by atoms with Crippen molar-refractivity contribution in [2.75, 3.05) is 13.1 Å². The van der Waals surface area contributed by atoms with Crippen molar-refractivity contribution >= 4 is 18.3 Å². The molecule has 1 fully saturated rings. The van der Waals surface area contributed by atoms with Gasteiger partial charge in [0.25, 0.3) is 5.91 Å². The molecule has 1 aromatic rings. The van der Waals surface area contributed by atoms with Crippen molar-refractivity contribution in [2.24, 2.45) is 5.92 Å². The highest BCUT2D eigenvalue weighted by Crippen LogP contribution is 2.10. The van der Waals surface area contributed by atoms with Crippen LogP contribution in [0.3, 0.4) is 0 Å². The average molecular weight is 244 g/mol. The molecule has 0 aliphatic carbocycles. The fourth-order valence-corrected chi connectivity index (χ4v) is 1.95. The molecule has 1 aromatic heterocycles. The van der Waals surface area contributed by atoms with Crippen LogP contribution in [0.2, 0.25) is 0 Å². The van der Waals surface area contributed by atoms with Crippen LogP contribution in [-0.4, -0.2) is 30.0 Å². The van der Waals surface area contributed by atoms with Crippen LogP contribution in [0.15, 0.2) is 18.3 Å². The van der Waals surface area contributed by atoms with Gasteiger partial charge in [-0.1, -0.05) is 6.92 Å². The van der Waals surface area contributed by atoms with E-state index in [0.717, 1.165) is 19.5 Å². The maximum absolute atomic E-state index is 11.8. The number of H-pyrrole nitrogens is 1. The largest absolute Gasteiger partial charge is 0.357 e. The summed E-state index contributed by atoms with van der Waals surface area (Å²) in [5.74, 6) is 0.497. The summed E-state index contributed by atoms with van der Waals surface area (Å²) in [5.41, 5.74) is 0.640. The van der Waals surface area contributed by atoms with Crippen molar-refractivity contribution in [3.05, 3.63) is 24.0 Å². The van der Waals surface area contributed by atoms with Crippen molar-refractivity contribution in [3.63, 3.8) is 0 Å². The van der Waals surface area contributed by atoms with E-state index in [1.165, 1.54) is 0 Å². The topological polar surface area (TPSA) is 56.9 Å². The van der Waals surface area contributed by atoms with Crippen LogP contribution in [0.5, 0.6) is 0 Å². The van der Waals surface area contributed by atoms with Crippen molar-refractivity contribution in [3.8, 4) is 0 Å². The van der Waals surface area contributed by atoms with Gasteiger partial charge in [-0.3, -0.25) is 4.79 Å². The standard InChI is InChI=1S/C11H17N3O.ClH/c1-8-7-12-6-4-9(8)14-11(15)10-3-2-5-13-10;/h2-3,5,8-9,12-13H,4,6-7H2,1H3,(H,14,15);1H. The molecule has 0 aromatic carbocycles. The highest BCUT2D eigenvalue weighted by Gasteiger charge is 2.22. The first-order valence-corrected chi connectivity index (χ1v) is 5.42. The second-order valence-corrected chi connectivity index (χ2v) is 4.13. The molecule has 16 heavy (non-hydrogen) atoms. The monoisotopic (exact) mass is 243 g/mol. The lowest BCUT2D eigenvalue weighted by Crippen LogP contribution is -2.48. The quantitative estimate of drug-likeness (QED) is 0.730. The minimum absolute atomic E-state index is 0. The van der Waals surface area contributed by atoms with Crippen LogP contribution in [-0.2, 0) is 0 Å². The third-order valence-corrected chi connectivity index (χ3v) is 2.94. The maximum atomic E-state index is 11.8. The summed E-state index contributed by atoms with van der Waals surface area (Å²) >= 11 is 0. The first kappa shape index (κ1) is 13.1. The van der Waals surface area contributed by atoms with Crippen molar-refractivity contribution < 1.29 is 4.79 Å².